The Balaban J connectivity index is 1.87. The molecule has 1 aromatic rings. The number of hydrogen-bond acceptors (Lipinski definition) is 4. The Morgan fingerprint density at radius 1 is 1.25 bits per heavy atom. The van der Waals surface area contributed by atoms with E-state index in [0.717, 1.165) is 18.4 Å². The van der Waals surface area contributed by atoms with Gasteiger partial charge in [0, 0.05) is 12.5 Å². The van der Waals surface area contributed by atoms with Crippen LogP contribution in [0.5, 0.6) is 0 Å². The minimum absolute atomic E-state index is 0.0177. The summed E-state index contributed by atoms with van der Waals surface area (Å²) in [7, 11) is -3.51. The number of halogens is 1. The van der Waals surface area contributed by atoms with E-state index in [1.165, 1.54) is 12.1 Å². The summed E-state index contributed by atoms with van der Waals surface area (Å²) in [5.41, 5.74) is 0.725. The number of alkyl halides is 1. The van der Waals surface area contributed by atoms with E-state index in [9.17, 15) is 22.4 Å². The quantitative estimate of drug-likeness (QED) is 0.598. The second kappa shape index (κ2) is 7.71. The first-order valence-electron chi connectivity index (χ1n) is 7.51. The predicted octanol–water partition coefficient (Wildman–Crippen LogP) is 0.599. The summed E-state index contributed by atoms with van der Waals surface area (Å²) < 4.78 is 39.0. The van der Waals surface area contributed by atoms with Gasteiger partial charge in [0.1, 0.15) is 6.67 Å². The predicted molar refractivity (Wildman–Crippen MR) is 83.6 cm³/mol. The fraction of sp³-hybridized carbons (Fsp3) is 0.467. The lowest BCUT2D eigenvalue weighted by Gasteiger charge is -2.11. The number of carbonyl (C=O) groups excluding carboxylic acids is 1. The van der Waals surface area contributed by atoms with Gasteiger partial charge >= 0.3 is 5.97 Å². The highest BCUT2D eigenvalue weighted by molar-refractivity contribution is 7.89. The number of amides is 1. The zero-order valence-electron chi connectivity index (χ0n) is 12.9. The molecule has 0 saturated heterocycles. The van der Waals surface area contributed by atoms with E-state index < -0.39 is 34.6 Å². The molecular formula is C15H19FN2O5S. The minimum atomic E-state index is -3.51. The number of aryl methyl sites for hydroxylation is 1. The van der Waals surface area contributed by atoms with E-state index in [1.807, 2.05) is 0 Å². The number of rotatable bonds is 9. The molecule has 0 bridgehead atoms. The van der Waals surface area contributed by atoms with Crippen LogP contribution in [0, 0.1) is 0 Å². The van der Waals surface area contributed by atoms with Gasteiger partial charge in [0.2, 0.25) is 15.9 Å². The van der Waals surface area contributed by atoms with Crippen molar-refractivity contribution in [1.82, 2.24) is 10.0 Å². The van der Waals surface area contributed by atoms with Crippen LogP contribution in [0.2, 0.25) is 0 Å². The molecule has 0 heterocycles. The summed E-state index contributed by atoms with van der Waals surface area (Å²) in [6, 6.07) is 4.59. The van der Waals surface area contributed by atoms with Crippen molar-refractivity contribution >= 4 is 21.9 Å². The number of hydrogen-bond donors (Lipinski definition) is 3. The van der Waals surface area contributed by atoms with E-state index in [0.29, 0.717) is 6.42 Å². The molecule has 1 atom stereocenters. The van der Waals surface area contributed by atoms with Gasteiger partial charge in [-0.15, -0.1) is 0 Å². The molecule has 0 spiro atoms. The van der Waals surface area contributed by atoms with E-state index in [4.69, 9.17) is 5.11 Å². The number of carbonyl (C=O) groups is 2. The highest BCUT2D eigenvalue weighted by Gasteiger charge is 2.27. The molecule has 0 radical (unpaired) electrons. The van der Waals surface area contributed by atoms with Gasteiger partial charge in [-0.3, -0.25) is 4.79 Å². The maximum atomic E-state index is 12.4. The number of aliphatic carboxylic acids is 1. The van der Waals surface area contributed by atoms with Crippen LogP contribution in [0.4, 0.5) is 4.39 Å². The fourth-order valence-electron chi connectivity index (χ4n) is 2.01. The van der Waals surface area contributed by atoms with Crippen molar-refractivity contribution in [2.24, 2.45) is 0 Å². The molecule has 24 heavy (non-hydrogen) atoms. The largest absolute Gasteiger partial charge is 0.480 e. The van der Waals surface area contributed by atoms with Crippen LogP contribution >= 0.6 is 0 Å². The molecule has 1 unspecified atom stereocenters. The van der Waals surface area contributed by atoms with Crippen LogP contribution in [0.25, 0.3) is 0 Å². The molecule has 132 valence electrons. The fourth-order valence-corrected chi connectivity index (χ4v) is 3.32. The Bertz CT molecular complexity index is 701. The third-order valence-electron chi connectivity index (χ3n) is 3.56. The normalized spacial score (nSPS) is 15.7. The summed E-state index contributed by atoms with van der Waals surface area (Å²) in [4.78, 5) is 22.4. The third-order valence-corrected chi connectivity index (χ3v) is 5.10. The summed E-state index contributed by atoms with van der Waals surface area (Å²) in [6.07, 6.45) is 1.97. The topological polar surface area (TPSA) is 113 Å². The third kappa shape index (κ3) is 5.27. The Morgan fingerprint density at radius 3 is 2.38 bits per heavy atom. The van der Waals surface area contributed by atoms with Crippen molar-refractivity contribution < 1.29 is 27.5 Å². The van der Waals surface area contributed by atoms with Gasteiger partial charge in [-0.25, -0.2) is 22.3 Å². The van der Waals surface area contributed by atoms with Crippen LogP contribution < -0.4 is 10.0 Å². The van der Waals surface area contributed by atoms with E-state index >= 15 is 0 Å². The van der Waals surface area contributed by atoms with Crippen LogP contribution in [-0.2, 0) is 26.0 Å². The van der Waals surface area contributed by atoms with Gasteiger partial charge in [-0.2, -0.15) is 0 Å². The number of carboxylic acid groups (broad SMARTS) is 1. The van der Waals surface area contributed by atoms with Crippen molar-refractivity contribution in [3.05, 3.63) is 29.8 Å². The lowest BCUT2D eigenvalue weighted by atomic mass is 10.1. The van der Waals surface area contributed by atoms with E-state index in [2.05, 4.69) is 10.0 Å². The number of nitrogens with one attached hydrogen (secondary N) is 2. The highest BCUT2D eigenvalue weighted by Crippen LogP contribution is 2.22. The summed E-state index contributed by atoms with van der Waals surface area (Å²) >= 11 is 0. The van der Waals surface area contributed by atoms with Gasteiger partial charge < -0.3 is 10.4 Å². The number of sulfonamides is 1. The molecule has 7 nitrogen and oxygen atoms in total. The molecule has 0 aliphatic heterocycles. The van der Waals surface area contributed by atoms with Gasteiger partial charge in [0.05, 0.1) is 4.90 Å². The van der Waals surface area contributed by atoms with Gasteiger partial charge in [-0.1, -0.05) is 12.1 Å². The highest BCUT2D eigenvalue weighted by atomic mass is 32.2. The zero-order chi connectivity index (χ0) is 17.7. The van der Waals surface area contributed by atoms with Gasteiger partial charge in [-0.05, 0) is 37.0 Å². The number of carboxylic acids is 1. The summed E-state index contributed by atoms with van der Waals surface area (Å²) in [6.45, 7) is -1.18. The lowest BCUT2D eigenvalue weighted by Crippen LogP contribution is -2.42. The van der Waals surface area contributed by atoms with Gasteiger partial charge in [0.15, 0.2) is 6.04 Å². The van der Waals surface area contributed by atoms with Crippen molar-refractivity contribution in [2.45, 2.75) is 42.7 Å². The molecule has 1 aliphatic rings. The molecule has 1 aliphatic carbocycles. The minimum Gasteiger partial charge on any atom is -0.480 e. The summed E-state index contributed by atoms with van der Waals surface area (Å²) in [5, 5.41) is 10.7. The van der Waals surface area contributed by atoms with Crippen LogP contribution in [-0.4, -0.2) is 44.2 Å². The first-order valence-corrected chi connectivity index (χ1v) is 8.99. The first-order chi connectivity index (χ1) is 11.3. The standard InChI is InChI=1S/C15H19FN2O5S/c16-9-13(15(20)21)17-14(19)8-3-10-1-6-12(7-2-10)24(22,23)18-11-4-5-11/h1-2,6-7,11,13,18H,3-5,8-9H2,(H,17,19)(H,20,21). The molecule has 9 heteroatoms. The molecule has 3 N–H and O–H groups in total. The molecule has 1 fully saturated rings. The Kier molecular flexibility index (Phi) is 5.89. The Labute approximate surface area is 139 Å². The van der Waals surface area contributed by atoms with Crippen molar-refractivity contribution in [3.63, 3.8) is 0 Å². The maximum absolute atomic E-state index is 12.4. The molecule has 1 aromatic carbocycles. The van der Waals surface area contributed by atoms with Crippen LogP contribution in [0.3, 0.4) is 0 Å². The van der Waals surface area contributed by atoms with Crippen molar-refractivity contribution in [2.75, 3.05) is 6.67 Å². The second-order valence-electron chi connectivity index (χ2n) is 5.65. The summed E-state index contributed by atoms with van der Waals surface area (Å²) in [5.74, 6) is -2.00. The molecule has 2 rings (SSSR count). The second-order valence-corrected chi connectivity index (χ2v) is 7.37. The van der Waals surface area contributed by atoms with E-state index in [1.54, 1.807) is 12.1 Å². The average molecular weight is 358 g/mol. The number of benzene rings is 1. The first kappa shape index (κ1) is 18.3. The van der Waals surface area contributed by atoms with Crippen LogP contribution in [0.15, 0.2) is 29.2 Å². The SMILES string of the molecule is O=C(CCc1ccc(S(=O)(=O)NC2CC2)cc1)NC(CF)C(=O)O. The average Bonchev–Trinajstić information content (AvgIpc) is 3.34. The Hall–Kier alpha value is -2.00. The Morgan fingerprint density at radius 2 is 1.88 bits per heavy atom. The maximum Gasteiger partial charge on any atom is 0.328 e. The molecule has 1 amide bonds. The van der Waals surface area contributed by atoms with Crippen molar-refractivity contribution in [1.29, 1.82) is 0 Å². The van der Waals surface area contributed by atoms with Crippen molar-refractivity contribution in [3.8, 4) is 0 Å². The van der Waals surface area contributed by atoms with E-state index in [-0.39, 0.29) is 17.4 Å². The molecule has 1 saturated carbocycles. The zero-order valence-corrected chi connectivity index (χ0v) is 13.7. The lowest BCUT2D eigenvalue weighted by molar-refractivity contribution is -0.142. The van der Waals surface area contributed by atoms with Crippen LogP contribution in [0.1, 0.15) is 24.8 Å². The molecular weight excluding hydrogens is 339 g/mol. The van der Waals surface area contributed by atoms with Gasteiger partial charge in [0.25, 0.3) is 0 Å². The monoisotopic (exact) mass is 358 g/mol. The molecule has 0 aromatic heterocycles. The smallest absolute Gasteiger partial charge is 0.328 e.